The van der Waals surface area contributed by atoms with Gasteiger partial charge in [0.25, 0.3) is 0 Å². The molecule has 1 saturated heterocycles. The van der Waals surface area contributed by atoms with E-state index in [1.54, 1.807) is 6.20 Å². The first kappa shape index (κ1) is 11.4. The van der Waals surface area contributed by atoms with Crippen LogP contribution >= 0.6 is 0 Å². The van der Waals surface area contributed by atoms with Gasteiger partial charge in [-0.3, -0.25) is 4.40 Å². The Hall–Kier alpha value is -1.69. The lowest BCUT2D eigenvalue weighted by molar-refractivity contribution is 0.414. The van der Waals surface area contributed by atoms with Crippen molar-refractivity contribution < 1.29 is 0 Å². The first-order valence-corrected chi connectivity index (χ1v) is 6.48. The van der Waals surface area contributed by atoms with Crippen LogP contribution in [0.4, 0.5) is 5.82 Å². The Balaban J connectivity index is 1.74. The van der Waals surface area contributed by atoms with E-state index in [1.807, 2.05) is 17.5 Å². The average molecular weight is 246 g/mol. The molecular formula is C12H18N6. The maximum Gasteiger partial charge on any atom is 0.203 e. The molecule has 6 heteroatoms. The highest BCUT2D eigenvalue weighted by molar-refractivity contribution is 5.61. The quantitative estimate of drug-likeness (QED) is 0.845. The Morgan fingerprint density at radius 2 is 2.39 bits per heavy atom. The van der Waals surface area contributed by atoms with E-state index in [0.717, 1.165) is 30.4 Å². The van der Waals surface area contributed by atoms with Gasteiger partial charge >= 0.3 is 0 Å². The third-order valence-corrected chi connectivity index (χ3v) is 3.43. The van der Waals surface area contributed by atoms with Gasteiger partial charge in [0, 0.05) is 25.0 Å². The van der Waals surface area contributed by atoms with Crippen LogP contribution in [0.5, 0.6) is 0 Å². The van der Waals surface area contributed by atoms with E-state index >= 15 is 0 Å². The number of fused-ring (bicyclic) bond motifs is 1. The smallest absolute Gasteiger partial charge is 0.203 e. The lowest BCUT2D eigenvalue weighted by Gasteiger charge is -2.23. The fourth-order valence-electron chi connectivity index (χ4n) is 2.38. The van der Waals surface area contributed by atoms with Gasteiger partial charge in [0.15, 0.2) is 5.82 Å². The van der Waals surface area contributed by atoms with E-state index in [0.29, 0.717) is 6.04 Å². The van der Waals surface area contributed by atoms with E-state index in [2.05, 4.69) is 25.8 Å². The number of nitrogens with zero attached hydrogens (tertiary/aromatic N) is 4. The van der Waals surface area contributed by atoms with Crippen molar-refractivity contribution >= 4 is 11.5 Å². The van der Waals surface area contributed by atoms with Gasteiger partial charge in [-0.15, -0.1) is 10.2 Å². The summed E-state index contributed by atoms with van der Waals surface area (Å²) in [7, 11) is 0. The highest BCUT2D eigenvalue weighted by Gasteiger charge is 2.13. The molecule has 1 unspecified atom stereocenters. The summed E-state index contributed by atoms with van der Waals surface area (Å²) in [6.07, 6.45) is 7.48. The molecule has 0 aliphatic carbocycles. The van der Waals surface area contributed by atoms with E-state index in [1.165, 1.54) is 19.3 Å². The zero-order chi connectivity index (χ0) is 12.4. The molecule has 6 nitrogen and oxygen atoms in total. The van der Waals surface area contributed by atoms with Gasteiger partial charge in [-0.05, 0) is 26.3 Å². The number of aromatic nitrogens is 4. The minimum Gasteiger partial charge on any atom is -0.365 e. The molecule has 1 aliphatic heterocycles. The van der Waals surface area contributed by atoms with Crippen LogP contribution in [0.15, 0.2) is 12.4 Å². The number of rotatable bonds is 3. The van der Waals surface area contributed by atoms with Gasteiger partial charge in [0.2, 0.25) is 5.65 Å². The van der Waals surface area contributed by atoms with Gasteiger partial charge < -0.3 is 10.6 Å². The molecule has 0 saturated carbocycles. The molecule has 2 N–H and O–H groups in total. The van der Waals surface area contributed by atoms with Crippen molar-refractivity contribution in [3.8, 4) is 0 Å². The molecule has 18 heavy (non-hydrogen) atoms. The minimum absolute atomic E-state index is 0.532. The number of aryl methyl sites for hydroxylation is 1. The molecule has 0 spiro atoms. The van der Waals surface area contributed by atoms with Crippen LogP contribution < -0.4 is 10.6 Å². The largest absolute Gasteiger partial charge is 0.365 e. The summed E-state index contributed by atoms with van der Waals surface area (Å²) >= 11 is 0. The molecule has 1 atom stereocenters. The molecule has 96 valence electrons. The van der Waals surface area contributed by atoms with Crippen LogP contribution in [-0.4, -0.2) is 38.7 Å². The molecular weight excluding hydrogens is 228 g/mol. The molecule has 3 rings (SSSR count). The summed E-state index contributed by atoms with van der Waals surface area (Å²) in [6, 6.07) is 0.532. The van der Waals surface area contributed by atoms with Gasteiger partial charge in [0.05, 0.1) is 0 Å². The molecule has 0 aromatic carbocycles. The normalized spacial score (nSPS) is 20.2. The second-order valence-corrected chi connectivity index (χ2v) is 4.74. The zero-order valence-electron chi connectivity index (χ0n) is 10.6. The number of nitrogens with one attached hydrogen (secondary N) is 2. The Labute approximate surface area is 106 Å². The van der Waals surface area contributed by atoms with E-state index in [-0.39, 0.29) is 0 Å². The maximum atomic E-state index is 4.34. The lowest BCUT2D eigenvalue weighted by atomic mass is 10.1. The van der Waals surface area contributed by atoms with Gasteiger partial charge in [0.1, 0.15) is 5.82 Å². The Morgan fingerprint density at radius 3 is 3.22 bits per heavy atom. The zero-order valence-corrected chi connectivity index (χ0v) is 10.6. The summed E-state index contributed by atoms with van der Waals surface area (Å²) in [6.45, 7) is 3.94. The summed E-state index contributed by atoms with van der Waals surface area (Å²) in [5, 5.41) is 15.1. The fraction of sp³-hybridized carbons (Fsp3) is 0.583. The van der Waals surface area contributed by atoms with Crippen molar-refractivity contribution in [1.29, 1.82) is 0 Å². The molecule has 0 bridgehead atoms. The predicted octanol–water partition coefficient (Wildman–Crippen LogP) is 0.987. The van der Waals surface area contributed by atoms with Crippen molar-refractivity contribution in [1.82, 2.24) is 24.9 Å². The highest BCUT2D eigenvalue weighted by atomic mass is 15.3. The second kappa shape index (κ2) is 4.89. The van der Waals surface area contributed by atoms with Gasteiger partial charge in [-0.1, -0.05) is 6.42 Å². The molecule has 1 aliphatic rings. The van der Waals surface area contributed by atoms with Gasteiger partial charge in [-0.25, -0.2) is 4.98 Å². The summed E-state index contributed by atoms with van der Waals surface area (Å²) in [5.41, 5.74) is 0.797. The van der Waals surface area contributed by atoms with Crippen LogP contribution in [0.2, 0.25) is 0 Å². The van der Waals surface area contributed by atoms with E-state index in [4.69, 9.17) is 0 Å². The number of piperidine rings is 1. The maximum absolute atomic E-state index is 4.34. The molecule has 1 fully saturated rings. The molecule has 2 aromatic rings. The number of anilines is 1. The van der Waals surface area contributed by atoms with Crippen LogP contribution in [0.3, 0.4) is 0 Å². The van der Waals surface area contributed by atoms with Crippen molar-refractivity contribution in [3.63, 3.8) is 0 Å². The van der Waals surface area contributed by atoms with E-state index in [9.17, 15) is 0 Å². The minimum atomic E-state index is 0.532. The summed E-state index contributed by atoms with van der Waals surface area (Å²) in [5.74, 6) is 1.69. The summed E-state index contributed by atoms with van der Waals surface area (Å²) < 4.78 is 1.95. The third-order valence-electron chi connectivity index (χ3n) is 3.43. The lowest BCUT2D eigenvalue weighted by Crippen LogP contribution is -2.39. The predicted molar refractivity (Wildman–Crippen MR) is 69.7 cm³/mol. The molecule has 3 heterocycles. The first-order chi connectivity index (χ1) is 8.84. The van der Waals surface area contributed by atoms with Crippen LogP contribution in [0.25, 0.3) is 5.65 Å². The fourth-order valence-corrected chi connectivity index (χ4v) is 2.38. The Kier molecular flexibility index (Phi) is 3.10. The number of hydrogen-bond donors (Lipinski definition) is 2. The number of hydrogen-bond acceptors (Lipinski definition) is 5. The van der Waals surface area contributed by atoms with Crippen molar-refractivity contribution in [2.75, 3.05) is 18.4 Å². The first-order valence-electron chi connectivity index (χ1n) is 6.48. The van der Waals surface area contributed by atoms with Crippen LogP contribution in [0, 0.1) is 6.92 Å². The third kappa shape index (κ3) is 2.15. The van der Waals surface area contributed by atoms with E-state index < -0.39 is 0 Å². The topological polar surface area (TPSA) is 67.1 Å². The van der Waals surface area contributed by atoms with Crippen LogP contribution in [-0.2, 0) is 0 Å². The standard InChI is InChI=1S/C12H18N6/c1-9-16-17-12-11(14-6-7-18(9)12)15-8-10-4-2-3-5-13-10/h6-7,10,13H,2-5,8H2,1H3,(H,14,15). The van der Waals surface area contributed by atoms with Crippen molar-refractivity contribution in [3.05, 3.63) is 18.2 Å². The Morgan fingerprint density at radius 1 is 1.44 bits per heavy atom. The molecule has 2 aromatic heterocycles. The van der Waals surface area contributed by atoms with Crippen molar-refractivity contribution in [2.45, 2.75) is 32.2 Å². The highest BCUT2D eigenvalue weighted by Crippen LogP contribution is 2.13. The van der Waals surface area contributed by atoms with Crippen molar-refractivity contribution in [2.24, 2.45) is 0 Å². The average Bonchev–Trinajstić information content (AvgIpc) is 2.80. The van der Waals surface area contributed by atoms with Crippen LogP contribution in [0.1, 0.15) is 25.1 Å². The monoisotopic (exact) mass is 246 g/mol. The van der Waals surface area contributed by atoms with Gasteiger partial charge in [-0.2, -0.15) is 0 Å². The second-order valence-electron chi connectivity index (χ2n) is 4.74. The Bertz CT molecular complexity index is 528. The summed E-state index contributed by atoms with van der Waals surface area (Å²) in [4.78, 5) is 4.34. The SMILES string of the molecule is Cc1nnc2c(NCC3CCCCN3)nccn12. The molecule has 0 radical (unpaired) electrons. The molecule has 0 amide bonds.